The SMILES string of the molecule is CCCC(P)=N[C@@H]1C(=O)CN(C)c2ccccc2-c2ccccc21. The van der Waals surface area contributed by atoms with Crippen molar-refractivity contribution in [2.75, 3.05) is 18.5 Å². The molecule has 2 aromatic rings. The number of fused-ring (bicyclic) bond motifs is 3. The van der Waals surface area contributed by atoms with Gasteiger partial charge in [0.05, 0.1) is 6.54 Å². The molecule has 0 saturated carbocycles. The van der Waals surface area contributed by atoms with Crippen LogP contribution in [0.25, 0.3) is 11.1 Å². The summed E-state index contributed by atoms with van der Waals surface area (Å²) < 4.78 is 0. The van der Waals surface area contributed by atoms with Crippen LogP contribution in [0.15, 0.2) is 53.5 Å². The van der Waals surface area contributed by atoms with Gasteiger partial charge in [0.2, 0.25) is 0 Å². The van der Waals surface area contributed by atoms with Crippen LogP contribution in [0.4, 0.5) is 5.69 Å². The zero-order chi connectivity index (χ0) is 17.1. The Morgan fingerprint density at radius 3 is 2.58 bits per heavy atom. The predicted molar refractivity (Wildman–Crippen MR) is 105 cm³/mol. The van der Waals surface area contributed by atoms with Crippen LogP contribution in [0.5, 0.6) is 0 Å². The van der Waals surface area contributed by atoms with Crippen LogP contribution in [-0.4, -0.2) is 24.8 Å². The first kappa shape index (κ1) is 16.9. The lowest BCUT2D eigenvalue weighted by atomic mass is 9.90. The number of aliphatic imine (C=N–C) groups is 1. The molecule has 3 nitrogen and oxygen atoms in total. The molecule has 0 aromatic heterocycles. The van der Waals surface area contributed by atoms with E-state index in [4.69, 9.17) is 4.99 Å². The summed E-state index contributed by atoms with van der Waals surface area (Å²) in [7, 11) is 4.66. The number of hydrogen-bond acceptors (Lipinski definition) is 3. The Kier molecular flexibility index (Phi) is 5.11. The van der Waals surface area contributed by atoms with Crippen molar-refractivity contribution in [2.45, 2.75) is 25.8 Å². The zero-order valence-electron chi connectivity index (χ0n) is 14.2. The summed E-state index contributed by atoms with van der Waals surface area (Å²) in [6.07, 6.45) is 1.91. The van der Waals surface area contributed by atoms with Gasteiger partial charge in [-0.25, -0.2) is 0 Å². The van der Waals surface area contributed by atoms with Gasteiger partial charge in [0.1, 0.15) is 6.04 Å². The monoisotopic (exact) mass is 338 g/mol. The van der Waals surface area contributed by atoms with Gasteiger partial charge in [0.15, 0.2) is 5.78 Å². The Morgan fingerprint density at radius 1 is 1.17 bits per heavy atom. The van der Waals surface area contributed by atoms with Gasteiger partial charge < -0.3 is 4.90 Å². The van der Waals surface area contributed by atoms with Crippen LogP contribution in [0.2, 0.25) is 0 Å². The normalized spacial score (nSPS) is 17.8. The number of rotatable bonds is 3. The molecule has 1 aliphatic heterocycles. The molecular weight excluding hydrogens is 315 g/mol. The number of carbonyl (C=O) groups is 1. The standard InChI is InChI=1S/C20H23N2OP/c1-3-8-19(24)21-20-16-11-5-4-9-14(16)15-10-6-7-12-17(15)22(2)13-18(20)23/h4-7,9-12,20H,3,8,13,24H2,1-2H3/t20-/m0/s1. The summed E-state index contributed by atoms with van der Waals surface area (Å²) in [5.74, 6) is 0.135. The second kappa shape index (κ2) is 7.27. The Bertz CT molecular complexity index is 785. The number of carbonyl (C=O) groups excluding carboxylic acids is 1. The largest absolute Gasteiger partial charge is 0.367 e. The van der Waals surface area contributed by atoms with Crippen LogP contribution in [0, 0.1) is 0 Å². The van der Waals surface area contributed by atoms with Gasteiger partial charge in [0, 0.05) is 23.8 Å². The number of nitrogens with zero attached hydrogens (tertiary/aromatic N) is 2. The third kappa shape index (κ3) is 3.27. The highest BCUT2D eigenvalue weighted by Gasteiger charge is 2.28. The fourth-order valence-corrected chi connectivity index (χ4v) is 3.66. The quantitative estimate of drug-likeness (QED) is 0.610. The lowest BCUT2D eigenvalue weighted by Crippen LogP contribution is -2.31. The van der Waals surface area contributed by atoms with Gasteiger partial charge in [-0.2, -0.15) is 0 Å². The molecule has 2 aromatic carbocycles. The molecule has 24 heavy (non-hydrogen) atoms. The molecule has 0 saturated heterocycles. The van der Waals surface area contributed by atoms with Gasteiger partial charge in [-0.3, -0.25) is 9.79 Å². The average molecular weight is 338 g/mol. The van der Waals surface area contributed by atoms with E-state index in [0.717, 1.165) is 40.7 Å². The minimum atomic E-state index is -0.434. The van der Waals surface area contributed by atoms with Gasteiger partial charge in [0.25, 0.3) is 0 Å². The molecule has 0 fully saturated rings. The molecule has 3 rings (SSSR count). The summed E-state index contributed by atoms with van der Waals surface area (Å²) >= 11 is 0. The number of benzene rings is 2. The minimum Gasteiger partial charge on any atom is -0.367 e. The van der Waals surface area contributed by atoms with Crippen LogP contribution in [0.1, 0.15) is 31.4 Å². The summed E-state index contributed by atoms with van der Waals surface area (Å²) in [6.45, 7) is 2.49. The summed E-state index contributed by atoms with van der Waals surface area (Å²) in [5.41, 5.74) is 5.29. The van der Waals surface area contributed by atoms with E-state index < -0.39 is 6.04 Å². The Hall–Kier alpha value is -1.99. The van der Waals surface area contributed by atoms with Gasteiger partial charge in [-0.05, 0) is 23.6 Å². The molecule has 2 atom stereocenters. The zero-order valence-corrected chi connectivity index (χ0v) is 15.4. The van der Waals surface area contributed by atoms with E-state index in [2.05, 4.69) is 34.4 Å². The molecule has 1 heterocycles. The van der Waals surface area contributed by atoms with Crippen molar-refractivity contribution in [1.29, 1.82) is 0 Å². The van der Waals surface area contributed by atoms with Crippen molar-refractivity contribution in [1.82, 2.24) is 0 Å². The Morgan fingerprint density at radius 2 is 1.83 bits per heavy atom. The number of Topliss-reactive ketones (excluding diaryl/α,β-unsaturated/α-hetero) is 1. The maximum absolute atomic E-state index is 12.9. The number of likely N-dealkylation sites (N-methyl/N-ethyl adjacent to an activating group) is 1. The fourth-order valence-electron chi connectivity index (χ4n) is 3.22. The first-order valence-corrected chi connectivity index (χ1v) is 8.94. The first-order valence-electron chi connectivity index (χ1n) is 8.36. The molecule has 0 radical (unpaired) electrons. The van der Waals surface area contributed by atoms with Crippen LogP contribution >= 0.6 is 9.24 Å². The smallest absolute Gasteiger partial charge is 0.180 e. The maximum atomic E-state index is 12.9. The topological polar surface area (TPSA) is 32.7 Å². The lowest BCUT2D eigenvalue weighted by Gasteiger charge is -2.28. The molecule has 0 aliphatic carbocycles. The predicted octanol–water partition coefficient (Wildman–Crippen LogP) is 4.49. The third-order valence-corrected chi connectivity index (χ3v) is 4.80. The molecule has 0 amide bonds. The summed E-state index contributed by atoms with van der Waals surface area (Å²) in [5, 5.41) is 0. The molecule has 4 heteroatoms. The van der Waals surface area contributed by atoms with Crippen LogP contribution in [-0.2, 0) is 4.79 Å². The van der Waals surface area contributed by atoms with E-state index in [1.54, 1.807) is 0 Å². The summed E-state index contributed by atoms with van der Waals surface area (Å²) in [4.78, 5) is 19.7. The van der Waals surface area contributed by atoms with E-state index in [1.165, 1.54) is 0 Å². The van der Waals surface area contributed by atoms with Crippen LogP contribution < -0.4 is 4.90 Å². The highest BCUT2D eigenvalue weighted by Crippen LogP contribution is 2.38. The number of ketones is 1. The summed E-state index contributed by atoms with van der Waals surface area (Å²) in [6, 6.07) is 16.0. The number of para-hydroxylation sites is 1. The van der Waals surface area contributed by atoms with Gasteiger partial charge in [-0.1, -0.05) is 65.0 Å². The highest BCUT2D eigenvalue weighted by atomic mass is 31.0. The molecule has 1 unspecified atom stereocenters. The molecule has 124 valence electrons. The highest BCUT2D eigenvalue weighted by molar-refractivity contribution is 7.40. The van der Waals surface area contributed by atoms with Crippen molar-refractivity contribution in [3.05, 3.63) is 54.1 Å². The number of hydrogen-bond donors (Lipinski definition) is 0. The van der Waals surface area contributed by atoms with Gasteiger partial charge >= 0.3 is 0 Å². The molecule has 0 bridgehead atoms. The molecule has 0 spiro atoms. The van der Waals surface area contributed by atoms with E-state index >= 15 is 0 Å². The average Bonchev–Trinajstić information content (AvgIpc) is 2.59. The molecule has 0 N–H and O–H groups in total. The second-order valence-electron chi connectivity index (χ2n) is 6.20. The molecular formula is C20H23N2OP. The van der Waals surface area contributed by atoms with E-state index in [0.29, 0.717) is 6.54 Å². The first-order chi connectivity index (χ1) is 11.6. The number of anilines is 1. The maximum Gasteiger partial charge on any atom is 0.180 e. The van der Waals surface area contributed by atoms with E-state index in [1.807, 2.05) is 42.3 Å². The third-order valence-electron chi connectivity index (χ3n) is 4.36. The lowest BCUT2D eigenvalue weighted by molar-refractivity contribution is -0.119. The van der Waals surface area contributed by atoms with E-state index in [-0.39, 0.29) is 5.78 Å². The Balaban J connectivity index is 2.20. The second-order valence-corrected chi connectivity index (χ2v) is 6.87. The van der Waals surface area contributed by atoms with Crippen molar-refractivity contribution in [2.24, 2.45) is 4.99 Å². The van der Waals surface area contributed by atoms with Gasteiger partial charge in [-0.15, -0.1) is 0 Å². The fraction of sp³-hybridized carbons (Fsp3) is 0.300. The van der Waals surface area contributed by atoms with Crippen molar-refractivity contribution < 1.29 is 4.79 Å². The molecule has 1 aliphatic rings. The Labute approximate surface area is 146 Å². The van der Waals surface area contributed by atoms with Crippen molar-refractivity contribution in [3.8, 4) is 11.1 Å². The van der Waals surface area contributed by atoms with E-state index in [9.17, 15) is 4.79 Å². The van der Waals surface area contributed by atoms with Crippen molar-refractivity contribution in [3.63, 3.8) is 0 Å². The van der Waals surface area contributed by atoms with Crippen molar-refractivity contribution >= 4 is 26.2 Å². The minimum absolute atomic E-state index is 0.135. The van der Waals surface area contributed by atoms with Crippen LogP contribution in [0.3, 0.4) is 0 Å².